The van der Waals surface area contributed by atoms with Gasteiger partial charge in [0.25, 0.3) is 0 Å². The molecule has 19 heavy (non-hydrogen) atoms. The summed E-state index contributed by atoms with van der Waals surface area (Å²) in [6.07, 6.45) is 2.92. The molecule has 0 saturated heterocycles. The van der Waals surface area contributed by atoms with E-state index in [0.717, 1.165) is 24.6 Å². The lowest BCUT2D eigenvalue weighted by Crippen LogP contribution is -2.37. The van der Waals surface area contributed by atoms with Crippen LogP contribution in [0.5, 0.6) is 0 Å². The highest BCUT2D eigenvalue weighted by Gasteiger charge is 2.31. The number of hydrogen-bond donors (Lipinski definition) is 1. The summed E-state index contributed by atoms with van der Waals surface area (Å²) in [6.45, 7) is 0. The van der Waals surface area contributed by atoms with Gasteiger partial charge in [0.2, 0.25) is 10.0 Å². The van der Waals surface area contributed by atoms with Gasteiger partial charge in [-0.05, 0) is 37.0 Å². The molecule has 0 aliphatic heterocycles. The molecule has 3 nitrogen and oxygen atoms in total. The number of benzene rings is 1. The maximum Gasteiger partial charge on any atom is 0.242 e. The van der Waals surface area contributed by atoms with Crippen molar-refractivity contribution >= 4 is 49.2 Å². The molecule has 2 rings (SSSR count). The predicted molar refractivity (Wildman–Crippen MR) is 81.7 cm³/mol. The van der Waals surface area contributed by atoms with E-state index in [1.807, 2.05) is 0 Å². The quantitative estimate of drug-likeness (QED) is 0.799. The Labute approximate surface area is 131 Å². The van der Waals surface area contributed by atoms with Crippen LogP contribution in [0, 0.1) is 5.92 Å². The Morgan fingerprint density at radius 2 is 2.05 bits per heavy atom. The number of rotatable bonds is 4. The minimum Gasteiger partial charge on any atom is -0.208 e. The molecule has 0 heterocycles. The van der Waals surface area contributed by atoms with Gasteiger partial charge in [-0.2, -0.15) is 0 Å². The maximum absolute atomic E-state index is 12.4. The Morgan fingerprint density at radius 3 is 2.74 bits per heavy atom. The summed E-state index contributed by atoms with van der Waals surface area (Å²) in [7, 11) is -3.63. The van der Waals surface area contributed by atoms with Gasteiger partial charge in [0.1, 0.15) is 4.90 Å². The molecule has 1 N–H and O–H groups in total. The van der Waals surface area contributed by atoms with E-state index in [1.165, 1.54) is 12.1 Å². The lowest BCUT2D eigenvalue weighted by Gasteiger charge is -2.19. The van der Waals surface area contributed by atoms with Crippen molar-refractivity contribution in [3.63, 3.8) is 0 Å². The SMILES string of the molecule is O=S(=O)(NC1CCCC1CBr)c1cc(Cl)ccc1Cl. The van der Waals surface area contributed by atoms with E-state index in [-0.39, 0.29) is 16.0 Å². The summed E-state index contributed by atoms with van der Waals surface area (Å²) in [5.74, 6) is 0.327. The molecule has 2 unspecified atom stereocenters. The van der Waals surface area contributed by atoms with E-state index >= 15 is 0 Å². The van der Waals surface area contributed by atoms with Gasteiger partial charge in [-0.15, -0.1) is 0 Å². The van der Waals surface area contributed by atoms with Crippen molar-refractivity contribution in [1.82, 2.24) is 4.72 Å². The number of nitrogens with one attached hydrogen (secondary N) is 1. The summed E-state index contributed by atoms with van der Waals surface area (Å²) in [4.78, 5) is 0.0434. The molecule has 2 atom stereocenters. The van der Waals surface area contributed by atoms with Crippen molar-refractivity contribution in [2.24, 2.45) is 5.92 Å². The van der Waals surface area contributed by atoms with E-state index in [0.29, 0.717) is 10.9 Å². The van der Waals surface area contributed by atoms with Crippen LogP contribution in [-0.2, 0) is 10.0 Å². The Hall–Kier alpha value is 0.190. The molecule has 0 radical (unpaired) electrons. The van der Waals surface area contributed by atoms with Crippen LogP contribution in [-0.4, -0.2) is 19.8 Å². The van der Waals surface area contributed by atoms with Crippen LogP contribution < -0.4 is 4.72 Å². The summed E-state index contributed by atoms with van der Waals surface area (Å²) in [5.41, 5.74) is 0. The first-order chi connectivity index (χ1) is 8.94. The Bertz CT molecular complexity index is 565. The average molecular weight is 387 g/mol. The Kier molecular flexibility index (Phi) is 5.17. The monoisotopic (exact) mass is 385 g/mol. The van der Waals surface area contributed by atoms with Crippen molar-refractivity contribution in [1.29, 1.82) is 0 Å². The molecule has 0 amide bonds. The Morgan fingerprint density at radius 1 is 1.32 bits per heavy atom. The van der Waals surface area contributed by atoms with Crippen LogP contribution in [0.3, 0.4) is 0 Å². The van der Waals surface area contributed by atoms with Gasteiger partial charge in [0, 0.05) is 16.4 Å². The fourth-order valence-corrected chi connectivity index (χ4v) is 5.20. The summed E-state index contributed by atoms with van der Waals surface area (Å²) in [5, 5.41) is 1.34. The molecular formula is C12H14BrCl2NO2S. The highest BCUT2D eigenvalue weighted by Crippen LogP contribution is 2.30. The zero-order valence-electron chi connectivity index (χ0n) is 10.1. The van der Waals surface area contributed by atoms with Crippen LogP contribution in [0.25, 0.3) is 0 Å². The molecule has 1 aromatic carbocycles. The van der Waals surface area contributed by atoms with Gasteiger partial charge in [0.05, 0.1) is 5.02 Å². The van der Waals surface area contributed by atoms with Crippen molar-refractivity contribution in [2.45, 2.75) is 30.2 Å². The lowest BCUT2D eigenvalue weighted by molar-refractivity contribution is 0.484. The predicted octanol–water partition coefficient (Wildman–Crippen LogP) is 3.84. The summed E-state index contributed by atoms with van der Waals surface area (Å²) < 4.78 is 27.4. The third kappa shape index (κ3) is 3.64. The lowest BCUT2D eigenvalue weighted by atomic mass is 10.1. The molecular weight excluding hydrogens is 373 g/mol. The maximum atomic E-state index is 12.4. The van der Waals surface area contributed by atoms with E-state index in [9.17, 15) is 8.42 Å². The summed E-state index contributed by atoms with van der Waals surface area (Å²) >= 11 is 15.2. The second kappa shape index (κ2) is 6.31. The molecule has 1 saturated carbocycles. The van der Waals surface area contributed by atoms with E-state index in [1.54, 1.807) is 6.07 Å². The normalized spacial score (nSPS) is 23.7. The number of halogens is 3. The molecule has 0 spiro atoms. The van der Waals surface area contributed by atoms with Crippen molar-refractivity contribution in [3.05, 3.63) is 28.2 Å². The molecule has 1 aliphatic rings. The smallest absolute Gasteiger partial charge is 0.208 e. The molecule has 0 aromatic heterocycles. The van der Waals surface area contributed by atoms with Crippen molar-refractivity contribution in [3.8, 4) is 0 Å². The minimum absolute atomic E-state index is 0.0422. The largest absolute Gasteiger partial charge is 0.242 e. The first-order valence-corrected chi connectivity index (χ1v) is 9.33. The highest BCUT2D eigenvalue weighted by molar-refractivity contribution is 9.09. The topological polar surface area (TPSA) is 46.2 Å². The van der Waals surface area contributed by atoms with Crippen LogP contribution in [0.2, 0.25) is 10.0 Å². The van der Waals surface area contributed by atoms with Crippen molar-refractivity contribution in [2.75, 3.05) is 5.33 Å². The van der Waals surface area contributed by atoms with Crippen LogP contribution in [0.15, 0.2) is 23.1 Å². The zero-order valence-corrected chi connectivity index (χ0v) is 14.0. The highest BCUT2D eigenvalue weighted by atomic mass is 79.9. The van der Waals surface area contributed by atoms with Crippen LogP contribution >= 0.6 is 39.1 Å². The summed E-state index contributed by atoms with van der Waals surface area (Å²) in [6, 6.07) is 4.40. The second-order valence-corrected chi connectivity index (χ2v) is 7.82. The minimum atomic E-state index is -3.63. The van der Waals surface area contributed by atoms with Crippen LogP contribution in [0.1, 0.15) is 19.3 Å². The standard InChI is InChI=1S/C12H14BrCl2NO2S/c13-7-8-2-1-3-11(8)16-19(17,18)12-6-9(14)4-5-10(12)15/h4-6,8,11,16H,1-3,7H2. The number of sulfonamides is 1. The first kappa shape index (κ1) is 15.6. The first-order valence-electron chi connectivity index (χ1n) is 5.97. The van der Waals surface area contributed by atoms with Crippen LogP contribution in [0.4, 0.5) is 0 Å². The molecule has 0 bridgehead atoms. The molecule has 1 aliphatic carbocycles. The third-order valence-corrected chi connectivity index (χ3v) is 6.38. The van der Waals surface area contributed by atoms with E-state index < -0.39 is 10.0 Å². The third-order valence-electron chi connectivity index (χ3n) is 3.35. The number of hydrogen-bond acceptors (Lipinski definition) is 2. The van der Waals surface area contributed by atoms with Crippen molar-refractivity contribution < 1.29 is 8.42 Å². The van der Waals surface area contributed by atoms with Gasteiger partial charge in [0.15, 0.2) is 0 Å². The van der Waals surface area contributed by atoms with Gasteiger partial charge in [-0.25, -0.2) is 13.1 Å². The fourth-order valence-electron chi connectivity index (χ4n) is 2.32. The van der Waals surface area contributed by atoms with E-state index in [2.05, 4.69) is 20.7 Å². The van der Waals surface area contributed by atoms with Gasteiger partial charge >= 0.3 is 0 Å². The molecule has 1 aromatic rings. The average Bonchev–Trinajstić information content (AvgIpc) is 2.78. The van der Waals surface area contributed by atoms with E-state index in [4.69, 9.17) is 23.2 Å². The second-order valence-electron chi connectivity index (χ2n) is 4.65. The fraction of sp³-hybridized carbons (Fsp3) is 0.500. The number of alkyl halides is 1. The molecule has 7 heteroatoms. The molecule has 1 fully saturated rings. The Balaban J connectivity index is 2.25. The van der Waals surface area contributed by atoms with Gasteiger partial charge in [-0.3, -0.25) is 0 Å². The zero-order chi connectivity index (χ0) is 14.0. The van der Waals surface area contributed by atoms with Gasteiger partial charge < -0.3 is 0 Å². The molecule has 106 valence electrons. The van der Waals surface area contributed by atoms with Gasteiger partial charge in [-0.1, -0.05) is 45.6 Å².